The average Bonchev–Trinajstić information content (AvgIpc) is 3.21. The Bertz CT molecular complexity index is 971. The van der Waals surface area contributed by atoms with E-state index in [1.54, 1.807) is 32.9 Å². The minimum absolute atomic E-state index is 0.00541. The van der Waals surface area contributed by atoms with Gasteiger partial charge >= 0.3 is 6.09 Å². The van der Waals surface area contributed by atoms with E-state index in [1.165, 1.54) is 11.8 Å². The smallest absolute Gasteiger partial charge is 0.413 e. The van der Waals surface area contributed by atoms with Crippen LogP contribution >= 0.6 is 0 Å². The fraction of sp³-hybridized carbons (Fsp3) is 0.500. The third-order valence-corrected chi connectivity index (χ3v) is 6.39. The van der Waals surface area contributed by atoms with E-state index in [0.717, 1.165) is 25.9 Å². The van der Waals surface area contributed by atoms with Crippen LogP contribution in [0.2, 0.25) is 0 Å². The topological polar surface area (TPSA) is 91.8 Å². The fourth-order valence-corrected chi connectivity index (χ4v) is 5.14. The summed E-state index contributed by atoms with van der Waals surface area (Å²) in [6, 6.07) is 13.4. The Hall–Kier alpha value is -2.77. The van der Waals surface area contributed by atoms with Gasteiger partial charge in [0.25, 0.3) is 0 Å². The molecule has 2 aromatic rings. The highest BCUT2D eigenvalue weighted by Crippen LogP contribution is 2.45. The first kappa shape index (κ1) is 23.4. The van der Waals surface area contributed by atoms with E-state index in [4.69, 9.17) is 4.74 Å². The molecule has 2 unspecified atom stereocenters. The number of hydrogen-bond acceptors (Lipinski definition) is 6. The van der Waals surface area contributed by atoms with Gasteiger partial charge in [-0.2, -0.15) is 0 Å². The first-order valence-electron chi connectivity index (χ1n) is 11.6. The lowest BCUT2D eigenvalue weighted by atomic mass is 9.91. The first-order chi connectivity index (χ1) is 15.6. The molecule has 4 rings (SSSR count). The zero-order chi connectivity index (χ0) is 23.6. The molecule has 1 aromatic carbocycles. The van der Waals surface area contributed by atoms with Crippen molar-refractivity contribution in [1.82, 2.24) is 9.88 Å². The van der Waals surface area contributed by atoms with Crippen LogP contribution in [0, 0.1) is 11.8 Å². The van der Waals surface area contributed by atoms with Crippen LogP contribution in [0.15, 0.2) is 48.7 Å². The maximum absolute atomic E-state index is 12.8. The number of ketones is 1. The Kier molecular flexibility index (Phi) is 6.54. The summed E-state index contributed by atoms with van der Waals surface area (Å²) in [5, 5.41) is 13.7. The molecule has 1 amide bonds. The molecule has 2 fully saturated rings. The second kappa shape index (κ2) is 9.23. The van der Waals surface area contributed by atoms with Gasteiger partial charge in [-0.05, 0) is 63.1 Å². The van der Waals surface area contributed by atoms with Gasteiger partial charge in [0.1, 0.15) is 11.4 Å². The number of likely N-dealkylation sites (tertiary alicyclic amines) is 1. The molecule has 2 N–H and O–H groups in total. The van der Waals surface area contributed by atoms with Gasteiger partial charge in [-0.25, -0.2) is 9.78 Å². The molecule has 2 atom stereocenters. The molecule has 1 aliphatic heterocycles. The summed E-state index contributed by atoms with van der Waals surface area (Å²) in [5.41, 5.74) is 0.449. The minimum Gasteiger partial charge on any atom is -0.444 e. The molecule has 1 saturated carbocycles. The van der Waals surface area contributed by atoms with Crippen molar-refractivity contribution in [3.05, 3.63) is 59.8 Å². The third-order valence-electron chi connectivity index (χ3n) is 6.39. The molecule has 1 aromatic heterocycles. The summed E-state index contributed by atoms with van der Waals surface area (Å²) in [7, 11) is 0. The number of rotatable bonds is 6. The molecule has 0 radical (unpaired) electrons. The summed E-state index contributed by atoms with van der Waals surface area (Å²) < 4.78 is 5.21. The summed E-state index contributed by atoms with van der Waals surface area (Å²) >= 11 is 0. The third kappa shape index (κ3) is 6.18. The molecule has 33 heavy (non-hydrogen) atoms. The summed E-state index contributed by atoms with van der Waals surface area (Å²) in [5.74, 6) is 1.19. The molecule has 1 aliphatic carbocycles. The van der Waals surface area contributed by atoms with Gasteiger partial charge in [0.2, 0.25) is 0 Å². The van der Waals surface area contributed by atoms with Crippen LogP contribution in [0.25, 0.3) is 0 Å². The van der Waals surface area contributed by atoms with Crippen molar-refractivity contribution in [1.29, 1.82) is 0 Å². The van der Waals surface area contributed by atoms with Gasteiger partial charge < -0.3 is 9.84 Å². The SMILES string of the molecule is CC(C)(C)OC(=O)Nc1ccc(C(=O)CN2CC3CC(O)(Cc4ccccc4)CC3C2)cn1. The van der Waals surface area contributed by atoms with Crippen LogP contribution in [0.3, 0.4) is 0 Å². The Morgan fingerprint density at radius 2 is 1.79 bits per heavy atom. The highest BCUT2D eigenvalue weighted by atomic mass is 16.6. The van der Waals surface area contributed by atoms with Crippen molar-refractivity contribution in [3.8, 4) is 0 Å². The number of pyridine rings is 1. The van der Waals surface area contributed by atoms with Crippen molar-refractivity contribution in [2.75, 3.05) is 25.0 Å². The Morgan fingerprint density at radius 1 is 1.12 bits per heavy atom. The molecule has 0 spiro atoms. The molecular formula is C26H33N3O4. The summed E-state index contributed by atoms with van der Waals surface area (Å²) in [4.78, 5) is 31.0. The lowest BCUT2D eigenvalue weighted by Crippen LogP contribution is -2.34. The predicted octanol–water partition coefficient (Wildman–Crippen LogP) is 3.93. The van der Waals surface area contributed by atoms with Gasteiger partial charge in [-0.3, -0.25) is 15.0 Å². The van der Waals surface area contributed by atoms with Crippen molar-refractivity contribution in [2.24, 2.45) is 11.8 Å². The number of nitrogens with zero attached hydrogens (tertiary/aromatic N) is 2. The Labute approximate surface area is 195 Å². The second-order valence-corrected chi connectivity index (χ2v) is 10.5. The molecule has 0 bridgehead atoms. The number of Topliss-reactive ketones (excluding diaryl/α,β-unsaturated/α-hetero) is 1. The molecule has 1 saturated heterocycles. The standard InChI is InChI=1S/C26H33N3O4/c1-25(2,3)33-24(31)28-23-10-9-19(14-27-23)22(30)17-29-15-20-12-26(32,13-21(20)16-29)11-18-7-5-4-6-8-18/h4-10,14,20-21,32H,11-13,15-17H2,1-3H3,(H,27,28,31). The minimum atomic E-state index is -0.645. The second-order valence-electron chi connectivity index (χ2n) is 10.5. The number of ether oxygens (including phenoxy) is 1. The monoisotopic (exact) mass is 451 g/mol. The number of carbonyl (C=O) groups is 2. The maximum Gasteiger partial charge on any atom is 0.413 e. The number of nitrogens with one attached hydrogen (secondary N) is 1. The number of benzene rings is 1. The molecule has 7 heteroatoms. The zero-order valence-electron chi connectivity index (χ0n) is 19.6. The normalized spacial score (nSPS) is 25.0. The van der Waals surface area contributed by atoms with Crippen LogP contribution in [0.4, 0.5) is 10.6 Å². The Morgan fingerprint density at radius 3 is 2.36 bits per heavy atom. The van der Waals surface area contributed by atoms with Crippen molar-refractivity contribution in [2.45, 2.75) is 51.2 Å². The van der Waals surface area contributed by atoms with Gasteiger partial charge in [0.15, 0.2) is 5.78 Å². The van der Waals surface area contributed by atoms with Crippen molar-refractivity contribution in [3.63, 3.8) is 0 Å². The first-order valence-corrected chi connectivity index (χ1v) is 11.6. The predicted molar refractivity (Wildman–Crippen MR) is 126 cm³/mol. The lowest BCUT2D eigenvalue weighted by Gasteiger charge is -2.26. The number of carbonyl (C=O) groups excluding carboxylic acids is 2. The average molecular weight is 452 g/mol. The quantitative estimate of drug-likeness (QED) is 0.647. The van der Waals surface area contributed by atoms with E-state index >= 15 is 0 Å². The zero-order valence-corrected chi connectivity index (χ0v) is 19.6. The van der Waals surface area contributed by atoms with Crippen LogP contribution in [-0.2, 0) is 11.2 Å². The van der Waals surface area contributed by atoms with Crippen LogP contribution in [-0.4, -0.2) is 57.7 Å². The van der Waals surface area contributed by atoms with E-state index in [2.05, 4.69) is 27.3 Å². The number of fused-ring (bicyclic) bond motifs is 1. The summed E-state index contributed by atoms with van der Waals surface area (Å²) in [6.07, 6.45) is 3.16. The van der Waals surface area contributed by atoms with Crippen molar-refractivity contribution >= 4 is 17.7 Å². The number of amides is 1. The number of anilines is 1. The highest BCUT2D eigenvalue weighted by Gasteiger charge is 2.48. The largest absolute Gasteiger partial charge is 0.444 e. The molecular weight excluding hydrogens is 418 g/mol. The molecule has 2 aliphatic rings. The maximum atomic E-state index is 12.8. The molecule has 7 nitrogen and oxygen atoms in total. The van der Waals surface area contributed by atoms with Crippen LogP contribution in [0.1, 0.15) is 49.5 Å². The van der Waals surface area contributed by atoms with E-state index in [1.807, 2.05) is 18.2 Å². The van der Waals surface area contributed by atoms with E-state index in [0.29, 0.717) is 36.2 Å². The lowest BCUT2D eigenvalue weighted by molar-refractivity contribution is 0.0355. The van der Waals surface area contributed by atoms with E-state index in [9.17, 15) is 14.7 Å². The van der Waals surface area contributed by atoms with E-state index in [-0.39, 0.29) is 5.78 Å². The van der Waals surface area contributed by atoms with Gasteiger partial charge in [0.05, 0.1) is 12.1 Å². The molecule has 2 heterocycles. The number of aliphatic hydroxyl groups is 1. The highest BCUT2D eigenvalue weighted by molar-refractivity contribution is 5.97. The van der Waals surface area contributed by atoms with Gasteiger partial charge in [0, 0.05) is 31.3 Å². The van der Waals surface area contributed by atoms with Gasteiger partial charge in [-0.15, -0.1) is 0 Å². The van der Waals surface area contributed by atoms with E-state index < -0.39 is 17.3 Å². The van der Waals surface area contributed by atoms with Crippen LogP contribution < -0.4 is 5.32 Å². The van der Waals surface area contributed by atoms with Crippen molar-refractivity contribution < 1.29 is 19.4 Å². The summed E-state index contributed by atoms with van der Waals surface area (Å²) in [6.45, 7) is 7.37. The Balaban J connectivity index is 1.26. The number of hydrogen-bond donors (Lipinski definition) is 2. The van der Waals surface area contributed by atoms with Crippen LogP contribution in [0.5, 0.6) is 0 Å². The fourth-order valence-electron chi connectivity index (χ4n) is 5.14. The van der Waals surface area contributed by atoms with Gasteiger partial charge in [-0.1, -0.05) is 30.3 Å². The number of aromatic nitrogens is 1. The molecule has 176 valence electrons.